The van der Waals surface area contributed by atoms with Crippen molar-refractivity contribution in [2.45, 2.75) is 37.6 Å². The van der Waals surface area contributed by atoms with Crippen molar-refractivity contribution in [3.8, 4) is 0 Å². The maximum absolute atomic E-state index is 2.28. The first-order valence-corrected chi connectivity index (χ1v) is 4.85. The molecule has 1 unspecified atom stereocenters. The molecule has 0 aromatic heterocycles. The third-order valence-electron chi connectivity index (χ3n) is 1.27. The minimum absolute atomic E-state index is 0. The number of hydrogen-bond donors (Lipinski definition) is 0. The molecule has 0 radical (unpaired) electrons. The van der Waals surface area contributed by atoms with Crippen molar-refractivity contribution in [2.75, 3.05) is 0 Å². The van der Waals surface area contributed by atoms with Crippen LogP contribution in [0.25, 0.3) is 0 Å². The van der Waals surface area contributed by atoms with Gasteiger partial charge in [-0.2, -0.15) is 0 Å². The molecule has 47 valence electrons. The van der Waals surface area contributed by atoms with Crippen LogP contribution >= 0.6 is 17.0 Å². The van der Waals surface area contributed by atoms with Gasteiger partial charge in [-0.05, 0) is 0 Å². The molecule has 0 spiro atoms. The Labute approximate surface area is 72.9 Å². The molecule has 0 bridgehead atoms. The molecule has 0 N–H and O–H groups in total. The molecule has 2 heteroatoms. The summed E-state index contributed by atoms with van der Waals surface area (Å²) in [6.45, 7) is 4.54. The van der Waals surface area contributed by atoms with Gasteiger partial charge in [-0.1, -0.05) is 0 Å². The summed E-state index contributed by atoms with van der Waals surface area (Å²) in [5.74, 6) is 0. The molecule has 0 saturated heterocycles. The van der Waals surface area contributed by atoms with Gasteiger partial charge in [0.2, 0.25) is 0 Å². The van der Waals surface area contributed by atoms with Crippen LogP contribution in [0.3, 0.4) is 0 Å². The molecule has 0 aliphatic rings. The molecule has 0 aliphatic heterocycles. The van der Waals surface area contributed by atoms with Crippen molar-refractivity contribution in [1.29, 1.82) is 0 Å². The summed E-state index contributed by atoms with van der Waals surface area (Å²) in [6, 6.07) is 0. The second-order valence-corrected chi connectivity index (χ2v) is 4.49. The van der Waals surface area contributed by atoms with E-state index in [2.05, 4.69) is 13.8 Å². The zero-order chi connectivity index (χ0) is 5.70. The van der Waals surface area contributed by atoms with Crippen molar-refractivity contribution in [1.82, 2.24) is 0 Å². The normalized spacial score (nSPS) is 12.5. The van der Waals surface area contributed by atoms with Crippen LogP contribution in [-0.4, -0.2) is 0 Å². The van der Waals surface area contributed by atoms with Gasteiger partial charge < -0.3 is 0 Å². The van der Waals surface area contributed by atoms with Crippen LogP contribution < -0.4 is 0 Å². The second kappa shape index (κ2) is 8.10. The summed E-state index contributed by atoms with van der Waals surface area (Å²) in [7, 11) is 0. The molecule has 0 rings (SSSR count). The van der Waals surface area contributed by atoms with E-state index in [0.717, 1.165) is 4.51 Å². The maximum atomic E-state index is 2.28. The van der Waals surface area contributed by atoms with Crippen LogP contribution in [0.15, 0.2) is 0 Å². The molecule has 0 saturated carbocycles. The van der Waals surface area contributed by atoms with Crippen LogP contribution in [0.1, 0.15) is 33.1 Å². The van der Waals surface area contributed by atoms with E-state index in [4.69, 9.17) is 0 Å². The molecule has 0 aromatic rings. The zero-order valence-corrected chi connectivity index (χ0v) is 10.5. The Balaban J connectivity index is 0. The fourth-order valence-corrected chi connectivity index (χ4v) is 1.47. The summed E-state index contributed by atoms with van der Waals surface area (Å²) < 4.78 is 1.07. The van der Waals surface area contributed by atoms with E-state index in [1.165, 1.54) is 37.6 Å². The summed E-state index contributed by atoms with van der Waals surface area (Å²) in [4.78, 5) is 0. The first-order valence-electron chi connectivity index (χ1n) is 3.14. The third kappa shape index (κ3) is 7.10. The van der Waals surface area contributed by atoms with Crippen LogP contribution in [0.4, 0.5) is 0 Å². The van der Waals surface area contributed by atoms with Gasteiger partial charge in [-0.25, -0.2) is 0 Å². The first kappa shape index (κ1) is 11.8. The molecule has 0 aromatic carbocycles. The Kier molecular flexibility index (Phi) is 12.0. The molecule has 0 heterocycles. The predicted octanol–water partition coefficient (Wildman–Crippen LogP) is 3.11. The summed E-state index contributed by atoms with van der Waals surface area (Å²) in [5.41, 5.74) is 0. The molecule has 0 aliphatic carbocycles. The van der Waals surface area contributed by atoms with Gasteiger partial charge in [0.05, 0.1) is 0 Å². The fraction of sp³-hybridized carbons (Fsp3) is 1.00. The van der Waals surface area contributed by atoms with Crippen LogP contribution in [0.5, 0.6) is 0 Å². The average Bonchev–Trinajstić information content (AvgIpc) is 1.68. The molecule has 0 fully saturated rings. The van der Waals surface area contributed by atoms with Gasteiger partial charge >= 0.3 is 55.9 Å². The van der Waals surface area contributed by atoms with E-state index in [1.54, 1.807) is 0 Å². The van der Waals surface area contributed by atoms with Gasteiger partial charge in [0.1, 0.15) is 0 Å². The molecule has 8 heavy (non-hydrogen) atoms. The van der Waals surface area contributed by atoms with Crippen LogP contribution in [-0.2, 0) is 18.3 Å². The van der Waals surface area contributed by atoms with Crippen molar-refractivity contribution in [3.05, 3.63) is 0 Å². The summed E-state index contributed by atoms with van der Waals surface area (Å²) >= 11 is 1.49. The van der Waals surface area contributed by atoms with Gasteiger partial charge in [0.15, 0.2) is 0 Å². The Hall–Kier alpha value is 1.10. The van der Waals surface area contributed by atoms with E-state index in [9.17, 15) is 0 Å². The van der Waals surface area contributed by atoms with Crippen LogP contribution in [0.2, 0.25) is 4.51 Å². The second-order valence-electron chi connectivity index (χ2n) is 2.06. The minimum atomic E-state index is 0. The number of halogens is 1. The molecule has 0 nitrogen and oxygen atoms in total. The SMILES string of the molecule is Br.CCC[CH]([Zn])CC. The van der Waals surface area contributed by atoms with Crippen LogP contribution in [0, 0.1) is 0 Å². The van der Waals surface area contributed by atoms with Gasteiger partial charge in [0, 0.05) is 0 Å². The monoisotopic (exact) mass is 229 g/mol. The van der Waals surface area contributed by atoms with E-state index in [0.29, 0.717) is 0 Å². The first-order chi connectivity index (χ1) is 3.31. The number of hydrogen-bond acceptors (Lipinski definition) is 0. The quantitative estimate of drug-likeness (QED) is 0.655. The van der Waals surface area contributed by atoms with Gasteiger partial charge in [-0.3, -0.25) is 0 Å². The Morgan fingerprint density at radius 2 is 1.88 bits per heavy atom. The molecular weight excluding hydrogens is 217 g/mol. The standard InChI is InChI=1S/C6H13.BrH.Zn/c1-3-5-6-4-2;;/h5H,3-4,6H2,1-2H3;1H;. The van der Waals surface area contributed by atoms with Crippen molar-refractivity contribution in [2.24, 2.45) is 0 Å². The van der Waals surface area contributed by atoms with Gasteiger partial charge in [0.25, 0.3) is 0 Å². The average molecular weight is 231 g/mol. The fourth-order valence-electron chi connectivity index (χ4n) is 0.612. The van der Waals surface area contributed by atoms with E-state index >= 15 is 0 Å². The van der Waals surface area contributed by atoms with Gasteiger partial charge in [-0.15, -0.1) is 17.0 Å². The Morgan fingerprint density at radius 1 is 1.38 bits per heavy atom. The van der Waals surface area contributed by atoms with Crippen molar-refractivity contribution >= 4 is 17.0 Å². The predicted molar refractivity (Wildman–Crippen MR) is 39.3 cm³/mol. The number of rotatable bonds is 3. The van der Waals surface area contributed by atoms with E-state index in [1.807, 2.05) is 0 Å². The molecular formula is C6H14BrZn. The van der Waals surface area contributed by atoms with Crippen molar-refractivity contribution < 1.29 is 18.3 Å². The Bertz CT molecular complexity index is 39.5. The summed E-state index contributed by atoms with van der Waals surface area (Å²) in [6.07, 6.45) is 4.23. The van der Waals surface area contributed by atoms with Crippen molar-refractivity contribution in [3.63, 3.8) is 0 Å². The zero-order valence-electron chi connectivity index (χ0n) is 5.81. The Morgan fingerprint density at radius 3 is 2.00 bits per heavy atom. The molecule has 0 amide bonds. The van der Waals surface area contributed by atoms with E-state index in [-0.39, 0.29) is 17.0 Å². The topological polar surface area (TPSA) is 0 Å². The summed E-state index contributed by atoms with van der Waals surface area (Å²) in [5, 5.41) is 0. The third-order valence-corrected chi connectivity index (χ3v) is 3.34. The molecule has 1 atom stereocenters. The van der Waals surface area contributed by atoms with E-state index < -0.39 is 0 Å².